The predicted octanol–water partition coefficient (Wildman–Crippen LogP) is 1.75. The summed E-state index contributed by atoms with van der Waals surface area (Å²) in [6.07, 6.45) is 2.36. The summed E-state index contributed by atoms with van der Waals surface area (Å²) < 4.78 is 1.96. The van der Waals surface area contributed by atoms with Gasteiger partial charge in [-0.2, -0.15) is 5.10 Å². The number of hydrogen-bond acceptors (Lipinski definition) is 2. The number of rotatable bonds is 5. The molecule has 1 heterocycles. The average molecular weight is 221 g/mol. The van der Waals surface area contributed by atoms with E-state index < -0.39 is 0 Å². The third-order valence-electron chi connectivity index (χ3n) is 2.37. The van der Waals surface area contributed by atoms with E-state index in [4.69, 9.17) is 0 Å². The maximum atomic E-state index is 11.4. The molecule has 0 aliphatic heterocycles. The van der Waals surface area contributed by atoms with Crippen molar-refractivity contribution in [3.8, 4) is 0 Å². The van der Waals surface area contributed by atoms with Crippen LogP contribution in [0.4, 0.5) is 0 Å². The van der Waals surface area contributed by atoms with E-state index in [1.54, 1.807) is 11.9 Å². The van der Waals surface area contributed by atoms with Gasteiger partial charge in [-0.15, -0.1) is 0 Å². The SMILES string of the molecule is C=CC(=O)N(C)Cc1cc(C)nn1CCC. The number of likely N-dealkylation sites (N-methyl/N-ethyl adjacent to an activating group) is 1. The van der Waals surface area contributed by atoms with E-state index in [2.05, 4.69) is 18.6 Å². The monoisotopic (exact) mass is 221 g/mol. The molecule has 1 aromatic rings. The minimum absolute atomic E-state index is 0.0677. The maximum Gasteiger partial charge on any atom is 0.246 e. The molecule has 0 saturated heterocycles. The molecule has 0 aliphatic carbocycles. The fourth-order valence-electron chi connectivity index (χ4n) is 1.61. The molecule has 1 rings (SSSR count). The molecule has 1 aromatic heterocycles. The van der Waals surface area contributed by atoms with Crippen molar-refractivity contribution in [1.82, 2.24) is 14.7 Å². The van der Waals surface area contributed by atoms with Crippen molar-refractivity contribution in [2.75, 3.05) is 7.05 Å². The largest absolute Gasteiger partial charge is 0.336 e. The van der Waals surface area contributed by atoms with Crippen LogP contribution in [0.15, 0.2) is 18.7 Å². The summed E-state index contributed by atoms with van der Waals surface area (Å²) in [7, 11) is 1.77. The molecule has 1 amide bonds. The van der Waals surface area contributed by atoms with Crippen LogP contribution in [0.3, 0.4) is 0 Å². The molecule has 88 valence electrons. The molecule has 0 saturated carbocycles. The van der Waals surface area contributed by atoms with Crippen LogP contribution in [-0.4, -0.2) is 27.6 Å². The molecule has 4 heteroatoms. The first kappa shape index (κ1) is 12.5. The van der Waals surface area contributed by atoms with Gasteiger partial charge in [0.25, 0.3) is 0 Å². The molecule has 0 N–H and O–H groups in total. The molecule has 0 bridgehead atoms. The number of aromatic nitrogens is 2. The van der Waals surface area contributed by atoms with Crippen molar-refractivity contribution in [3.63, 3.8) is 0 Å². The molecule has 0 fully saturated rings. The Bertz CT molecular complexity index is 382. The number of carbonyl (C=O) groups is 1. The summed E-state index contributed by atoms with van der Waals surface area (Å²) in [5.41, 5.74) is 2.06. The van der Waals surface area contributed by atoms with Crippen molar-refractivity contribution in [2.45, 2.75) is 33.4 Å². The number of amides is 1. The third-order valence-corrected chi connectivity index (χ3v) is 2.37. The number of hydrogen-bond donors (Lipinski definition) is 0. The van der Waals surface area contributed by atoms with Crippen LogP contribution >= 0.6 is 0 Å². The lowest BCUT2D eigenvalue weighted by Gasteiger charge is -2.15. The summed E-state index contributed by atoms with van der Waals surface area (Å²) in [6.45, 7) is 9.01. The average Bonchev–Trinajstić information content (AvgIpc) is 2.58. The van der Waals surface area contributed by atoms with Gasteiger partial charge in [0, 0.05) is 13.6 Å². The van der Waals surface area contributed by atoms with Crippen LogP contribution in [-0.2, 0) is 17.9 Å². The molecule has 0 aliphatic rings. The summed E-state index contributed by atoms with van der Waals surface area (Å²) in [5, 5.41) is 4.39. The van der Waals surface area contributed by atoms with Gasteiger partial charge in [0.2, 0.25) is 5.91 Å². The van der Waals surface area contributed by atoms with Crippen LogP contribution in [0, 0.1) is 6.92 Å². The standard InChI is InChI=1S/C12H19N3O/c1-5-7-15-11(8-10(3)13-15)9-14(4)12(16)6-2/h6,8H,2,5,7,9H2,1,3-4H3. The smallest absolute Gasteiger partial charge is 0.246 e. The summed E-state index contributed by atoms with van der Waals surface area (Å²) >= 11 is 0. The first-order valence-corrected chi connectivity index (χ1v) is 5.49. The fourth-order valence-corrected chi connectivity index (χ4v) is 1.61. The summed E-state index contributed by atoms with van der Waals surface area (Å²) in [5.74, 6) is -0.0677. The lowest BCUT2D eigenvalue weighted by Crippen LogP contribution is -2.25. The second-order valence-corrected chi connectivity index (χ2v) is 3.90. The zero-order chi connectivity index (χ0) is 12.1. The van der Waals surface area contributed by atoms with Crippen LogP contribution < -0.4 is 0 Å². The zero-order valence-electron chi connectivity index (χ0n) is 10.2. The van der Waals surface area contributed by atoms with Crippen LogP contribution in [0.2, 0.25) is 0 Å². The van der Waals surface area contributed by atoms with Gasteiger partial charge in [-0.25, -0.2) is 0 Å². The number of aryl methyl sites for hydroxylation is 2. The molecule has 0 spiro atoms. The molecule has 0 unspecified atom stereocenters. The molecule has 0 aromatic carbocycles. The topological polar surface area (TPSA) is 38.1 Å². The van der Waals surface area contributed by atoms with Gasteiger partial charge in [-0.1, -0.05) is 13.5 Å². The van der Waals surface area contributed by atoms with Gasteiger partial charge in [-0.05, 0) is 25.5 Å². The Morgan fingerprint density at radius 2 is 2.38 bits per heavy atom. The van der Waals surface area contributed by atoms with E-state index in [0.717, 1.165) is 24.4 Å². The fraction of sp³-hybridized carbons (Fsp3) is 0.500. The first-order chi connectivity index (χ1) is 7.58. The summed E-state index contributed by atoms with van der Waals surface area (Å²) in [6, 6.07) is 2.02. The minimum Gasteiger partial charge on any atom is -0.336 e. The van der Waals surface area contributed by atoms with E-state index in [0.29, 0.717) is 6.54 Å². The van der Waals surface area contributed by atoms with E-state index >= 15 is 0 Å². The Labute approximate surface area is 96.6 Å². The molecule has 4 nitrogen and oxygen atoms in total. The van der Waals surface area contributed by atoms with Gasteiger partial charge in [0.15, 0.2) is 0 Å². The first-order valence-electron chi connectivity index (χ1n) is 5.49. The molecule has 16 heavy (non-hydrogen) atoms. The van der Waals surface area contributed by atoms with Gasteiger partial charge < -0.3 is 4.90 Å². The Balaban J connectivity index is 2.79. The highest BCUT2D eigenvalue weighted by Crippen LogP contribution is 2.07. The van der Waals surface area contributed by atoms with Crippen LogP contribution in [0.5, 0.6) is 0 Å². The Kier molecular flexibility index (Phi) is 4.28. The lowest BCUT2D eigenvalue weighted by molar-refractivity contribution is -0.125. The molecular weight excluding hydrogens is 202 g/mol. The molecular formula is C12H19N3O. The Morgan fingerprint density at radius 3 is 2.94 bits per heavy atom. The van der Waals surface area contributed by atoms with Crippen LogP contribution in [0.25, 0.3) is 0 Å². The third kappa shape index (κ3) is 2.95. The zero-order valence-corrected chi connectivity index (χ0v) is 10.2. The molecule has 0 atom stereocenters. The van der Waals surface area contributed by atoms with Crippen molar-refractivity contribution in [3.05, 3.63) is 30.1 Å². The number of nitrogens with zero attached hydrogens (tertiary/aromatic N) is 3. The second kappa shape index (κ2) is 5.49. The molecule has 0 radical (unpaired) electrons. The van der Waals surface area contributed by atoms with Gasteiger partial charge >= 0.3 is 0 Å². The van der Waals surface area contributed by atoms with Gasteiger partial charge in [0.1, 0.15) is 0 Å². The van der Waals surface area contributed by atoms with Crippen molar-refractivity contribution in [1.29, 1.82) is 0 Å². The van der Waals surface area contributed by atoms with E-state index in [9.17, 15) is 4.79 Å². The van der Waals surface area contributed by atoms with Crippen molar-refractivity contribution >= 4 is 5.91 Å². The highest BCUT2D eigenvalue weighted by molar-refractivity contribution is 5.86. The predicted molar refractivity (Wildman–Crippen MR) is 63.9 cm³/mol. The van der Waals surface area contributed by atoms with E-state index in [1.807, 2.05) is 17.7 Å². The van der Waals surface area contributed by atoms with Crippen LogP contribution in [0.1, 0.15) is 24.7 Å². The van der Waals surface area contributed by atoms with E-state index in [-0.39, 0.29) is 5.91 Å². The maximum absolute atomic E-state index is 11.4. The lowest BCUT2D eigenvalue weighted by atomic mass is 10.3. The van der Waals surface area contributed by atoms with Gasteiger partial charge in [-0.3, -0.25) is 9.48 Å². The second-order valence-electron chi connectivity index (χ2n) is 3.90. The number of carbonyl (C=O) groups excluding carboxylic acids is 1. The minimum atomic E-state index is -0.0677. The van der Waals surface area contributed by atoms with Crippen molar-refractivity contribution in [2.24, 2.45) is 0 Å². The van der Waals surface area contributed by atoms with Crippen molar-refractivity contribution < 1.29 is 4.79 Å². The van der Waals surface area contributed by atoms with Gasteiger partial charge in [0.05, 0.1) is 17.9 Å². The Morgan fingerprint density at radius 1 is 1.69 bits per heavy atom. The highest BCUT2D eigenvalue weighted by atomic mass is 16.2. The highest BCUT2D eigenvalue weighted by Gasteiger charge is 2.10. The Hall–Kier alpha value is -1.58. The van der Waals surface area contributed by atoms with E-state index in [1.165, 1.54) is 6.08 Å². The normalized spacial score (nSPS) is 10.2. The quantitative estimate of drug-likeness (QED) is 0.710. The summed E-state index contributed by atoms with van der Waals surface area (Å²) in [4.78, 5) is 13.0.